The van der Waals surface area contributed by atoms with Crippen LogP contribution in [0.4, 0.5) is 10.1 Å². The maximum Gasteiger partial charge on any atom is 0.256 e. The first-order chi connectivity index (χ1) is 9.94. The van der Waals surface area contributed by atoms with E-state index in [1.54, 1.807) is 24.0 Å². The van der Waals surface area contributed by atoms with E-state index in [0.29, 0.717) is 25.1 Å². The van der Waals surface area contributed by atoms with E-state index >= 15 is 0 Å². The molecular weight excluding hydrogens is 271 g/mol. The third kappa shape index (κ3) is 3.73. The standard InChI is InChI=1S/C16H23FN2O2/c1-3-9-18-14-12(6-4-7-13(14)17)15(20)19-10-5-8-16(2,21)11-19/h4,6-7,18,21H,3,5,8-11H2,1-2H3. The molecule has 1 aliphatic heterocycles. The van der Waals surface area contributed by atoms with Gasteiger partial charge in [-0.2, -0.15) is 0 Å². The topological polar surface area (TPSA) is 52.6 Å². The van der Waals surface area contributed by atoms with Crippen LogP contribution in [0, 0.1) is 5.82 Å². The van der Waals surface area contributed by atoms with E-state index < -0.39 is 11.4 Å². The van der Waals surface area contributed by atoms with Crippen LogP contribution in [0.5, 0.6) is 0 Å². The number of likely N-dealkylation sites (tertiary alicyclic amines) is 1. The van der Waals surface area contributed by atoms with Crippen molar-refractivity contribution in [2.75, 3.05) is 25.0 Å². The number of amides is 1. The Bertz CT molecular complexity index is 517. The summed E-state index contributed by atoms with van der Waals surface area (Å²) in [7, 11) is 0. The van der Waals surface area contributed by atoms with E-state index in [-0.39, 0.29) is 18.1 Å². The van der Waals surface area contributed by atoms with Gasteiger partial charge in [-0.3, -0.25) is 4.79 Å². The maximum atomic E-state index is 14.0. The lowest BCUT2D eigenvalue weighted by Crippen LogP contribution is -2.48. The van der Waals surface area contributed by atoms with Gasteiger partial charge < -0.3 is 15.3 Å². The number of para-hydroxylation sites is 1. The first-order valence-corrected chi connectivity index (χ1v) is 7.48. The molecule has 4 nitrogen and oxygen atoms in total. The number of aliphatic hydroxyl groups is 1. The molecule has 2 rings (SSSR count). The molecule has 0 aliphatic carbocycles. The molecule has 21 heavy (non-hydrogen) atoms. The van der Waals surface area contributed by atoms with E-state index in [4.69, 9.17) is 0 Å². The zero-order valence-electron chi connectivity index (χ0n) is 12.7. The quantitative estimate of drug-likeness (QED) is 0.897. The van der Waals surface area contributed by atoms with Gasteiger partial charge in [0, 0.05) is 19.6 Å². The van der Waals surface area contributed by atoms with Crippen LogP contribution < -0.4 is 5.32 Å². The highest BCUT2D eigenvalue weighted by Gasteiger charge is 2.32. The Morgan fingerprint density at radius 2 is 2.29 bits per heavy atom. The minimum absolute atomic E-state index is 0.229. The number of halogens is 1. The van der Waals surface area contributed by atoms with E-state index in [1.165, 1.54) is 6.07 Å². The molecule has 1 amide bonds. The zero-order chi connectivity index (χ0) is 15.5. The molecule has 0 bridgehead atoms. The molecule has 0 radical (unpaired) electrons. The second-order valence-electron chi connectivity index (χ2n) is 5.92. The van der Waals surface area contributed by atoms with Gasteiger partial charge in [-0.25, -0.2) is 4.39 Å². The molecule has 1 unspecified atom stereocenters. The normalized spacial score (nSPS) is 22.2. The van der Waals surface area contributed by atoms with Crippen LogP contribution in [0.25, 0.3) is 0 Å². The van der Waals surface area contributed by atoms with E-state index in [0.717, 1.165) is 12.8 Å². The maximum absolute atomic E-state index is 14.0. The molecular formula is C16H23FN2O2. The van der Waals surface area contributed by atoms with Crippen molar-refractivity contribution >= 4 is 11.6 Å². The van der Waals surface area contributed by atoms with Crippen LogP contribution >= 0.6 is 0 Å². The van der Waals surface area contributed by atoms with Crippen LogP contribution in [-0.4, -0.2) is 41.1 Å². The van der Waals surface area contributed by atoms with Gasteiger partial charge in [0.25, 0.3) is 5.91 Å². The van der Waals surface area contributed by atoms with Gasteiger partial charge in [0.2, 0.25) is 0 Å². The number of piperidine rings is 1. The van der Waals surface area contributed by atoms with Crippen molar-refractivity contribution in [1.29, 1.82) is 0 Å². The Kier molecular flexibility index (Phi) is 4.83. The summed E-state index contributed by atoms with van der Waals surface area (Å²) in [5.41, 5.74) is -0.270. The number of nitrogens with zero attached hydrogens (tertiary/aromatic N) is 1. The molecule has 0 aromatic heterocycles. The average molecular weight is 294 g/mol. The lowest BCUT2D eigenvalue weighted by Gasteiger charge is -2.37. The summed E-state index contributed by atoms with van der Waals surface area (Å²) in [6.07, 6.45) is 2.28. The first-order valence-electron chi connectivity index (χ1n) is 7.48. The minimum atomic E-state index is -0.863. The number of hydrogen-bond acceptors (Lipinski definition) is 3. The third-order valence-electron chi connectivity index (χ3n) is 3.76. The fourth-order valence-electron chi connectivity index (χ4n) is 2.70. The summed E-state index contributed by atoms with van der Waals surface area (Å²) in [6, 6.07) is 4.52. The molecule has 1 saturated heterocycles. The molecule has 2 N–H and O–H groups in total. The molecule has 1 fully saturated rings. The summed E-state index contributed by atoms with van der Waals surface area (Å²) in [5.74, 6) is -0.647. The van der Waals surface area contributed by atoms with Gasteiger partial charge in [-0.15, -0.1) is 0 Å². The number of β-amino-alcohol motifs (C(OH)–C–C–N with tert-alkyl or cyclic N) is 1. The fraction of sp³-hybridized carbons (Fsp3) is 0.562. The fourth-order valence-corrected chi connectivity index (χ4v) is 2.70. The lowest BCUT2D eigenvalue weighted by molar-refractivity contribution is -0.0107. The van der Waals surface area contributed by atoms with Crippen LogP contribution in [-0.2, 0) is 0 Å². The largest absolute Gasteiger partial charge is 0.388 e. The Morgan fingerprint density at radius 1 is 1.52 bits per heavy atom. The summed E-state index contributed by atoms with van der Waals surface area (Å²) in [6.45, 7) is 5.21. The van der Waals surface area contributed by atoms with E-state index in [1.807, 2.05) is 6.92 Å². The predicted octanol–water partition coefficient (Wildman–Crippen LogP) is 2.63. The Morgan fingerprint density at radius 3 is 2.95 bits per heavy atom. The van der Waals surface area contributed by atoms with Gasteiger partial charge in [0.1, 0.15) is 5.82 Å². The average Bonchev–Trinajstić information content (AvgIpc) is 2.44. The molecule has 1 aliphatic rings. The second kappa shape index (κ2) is 6.43. The van der Waals surface area contributed by atoms with Crippen molar-refractivity contribution < 1.29 is 14.3 Å². The Balaban J connectivity index is 2.24. The molecule has 1 heterocycles. The van der Waals surface area contributed by atoms with Crippen molar-refractivity contribution in [3.05, 3.63) is 29.6 Å². The Labute approximate surface area is 125 Å². The highest BCUT2D eigenvalue weighted by molar-refractivity contribution is 5.99. The number of nitrogens with one attached hydrogen (secondary N) is 1. The highest BCUT2D eigenvalue weighted by atomic mass is 19.1. The third-order valence-corrected chi connectivity index (χ3v) is 3.76. The lowest BCUT2D eigenvalue weighted by atomic mass is 9.94. The SMILES string of the molecule is CCCNc1c(F)cccc1C(=O)N1CCCC(C)(O)C1. The van der Waals surface area contributed by atoms with E-state index in [9.17, 15) is 14.3 Å². The molecule has 1 aromatic carbocycles. The van der Waals surface area contributed by atoms with Gasteiger partial charge in [-0.05, 0) is 38.3 Å². The molecule has 0 spiro atoms. The molecule has 1 aromatic rings. The molecule has 116 valence electrons. The van der Waals surface area contributed by atoms with Crippen molar-refractivity contribution in [2.45, 2.75) is 38.7 Å². The first kappa shape index (κ1) is 15.8. The number of rotatable bonds is 4. The monoisotopic (exact) mass is 294 g/mol. The van der Waals surface area contributed by atoms with Crippen molar-refractivity contribution in [2.24, 2.45) is 0 Å². The molecule has 5 heteroatoms. The van der Waals surface area contributed by atoms with Crippen LogP contribution in [0.3, 0.4) is 0 Å². The smallest absolute Gasteiger partial charge is 0.256 e. The summed E-state index contributed by atoms with van der Waals surface area (Å²) < 4.78 is 14.0. The molecule has 0 saturated carbocycles. The van der Waals surface area contributed by atoms with Gasteiger partial charge in [0.15, 0.2) is 0 Å². The number of hydrogen-bond donors (Lipinski definition) is 2. The number of benzene rings is 1. The van der Waals surface area contributed by atoms with E-state index in [2.05, 4.69) is 5.32 Å². The molecule has 1 atom stereocenters. The van der Waals surface area contributed by atoms with Gasteiger partial charge >= 0.3 is 0 Å². The minimum Gasteiger partial charge on any atom is -0.388 e. The second-order valence-corrected chi connectivity index (χ2v) is 5.92. The van der Waals surface area contributed by atoms with Crippen molar-refractivity contribution in [3.8, 4) is 0 Å². The highest BCUT2D eigenvalue weighted by Crippen LogP contribution is 2.26. The van der Waals surface area contributed by atoms with Crippen LogP contribution in [0.1, 0.15) is 43.5 Å². The number of carbonyl (C=O) groups is 1. The van der Waals surface area contributed by atoms with Crippen molar-refractivity contribution in [1.82, 2.24) is 4.90 Å². The zero-order valence-corrected chi connectivity index (χ0v) is 12.7. The Hall–Kier alpha value is -1.62. The summed E-state index contributed by atoms with van der Waals surface area (Å²) >= 11 is 0. The number of carbonyl (C=O) groups excluding carboxylic acids is 1. The van der Waals surface area contributed by atoms with Crippen molar-refractivity contribution in [3.63, 3.8) is 0 Å². The van der Waals surface area contributed by atoms with Crippen LogP contribution in [0.2, 0.25) is 0 Å². The summed E-state index contributed by atoms with van der Waals surface area (Å²) in [4.78, 5) is 14.2. The van der Waals surface area contributed by atoms with Gasteiger partial charge in [0.05, 0.1) is 16.9 Å². The summed E-state index contributed by atoms with van der Waals surface area (Å²) in [5, 5.41) is 13.1. The predicted molar refractivity (Wildman–Crippen MR) is 80.9 cm³/mol. The van der Waals surface area contributed by atoms with Crippen LogP contribution in [0.15, 0.2) is 18.2 Å². The van der Waals surface area contributed by atoms with Gasteiger partial charge in [-0.1, -0.05) is 13.0 Å². The number of anilines is 1.